The van der Waals surface area contributed by atoms with Gasteiger partial charge in [-0.15, -0.1) is 0 Å². The molecule has 4 heteroatoms. The van der Waals surface area contributed by atoms with E-state index >= 15 is 0 Å². The molecule has 0 amide bonds. The van der Waals surface area contributed by atoms with Gasteiger partial charge in [0.25, 0.3) is 0 Å². The van der Waals surface area contributed by atoms with Crippen molar-refractivity contribution in [2.75, 3.05) is 39.1 Å². The summed E-state index contributed by atoms with van der Waals surface area (Å²) in [5, 5.41) is 18.8. The standard InChI is InChI=1S/C15H23N3O/c1-12(19)14-7-6-13(11-16)10-15(14)18(4)9-5-8-17(2)3/h6-7,10,12,19H,5,8-9H2,1-4H3/t12-/m0/s1. The quantitative estimate of drug-likeness (QED) is 0.851. The van der Waals surface area contributed by atoms with E-state index in [2.05, 4.69) is 30.0 Å². The van der Waals surface area contributed by atoms with Crippen molar-refractivity contribution in [3.8, 4) is 6.07 Å². The number of aliphatic hydroxyl groups is 1. The van der Waals surface area contributed by atoms with E-state index in [9.17, 15) is 5.11 Å². The SMILES string of the molecule is C[C@H](O)c1ccc(C#N)cc1N(C)CCCN(C)C. The van der Waals surface area contributed by atoms with Crippen LogP contribution in [0.15, 0.2) is 18.2 Å². The molecule has 0 aliphatic rings. The minimum absolute atomic E-state index is 0.529. The molecule has 19 heavy (non-hydrogen) atoms. The first kappa shape index (κ1) is 15.5. The highest BCUT2D eigenvalue weighted by atomic mass is 16.3. The van der Waals surface area contributed by atoms with Gasteiger partial charge >= 0.3 is 0 Å². The highest BCUT2D eigenvalue weighted by Crippen LogP contribution is 2.27. The van der Waals surface area contributed by atoms with E-state index < -0.39 is 6.10 Å². The van der Waals surface area contributed by atoms with E-state index in [4.69, 9.17) is 5.26 Å². The highest BCUT2D eigenvalue weighted by Gasteiger charge is 2.12. The summed E-state index contributed by atoms with van der Waals surface area (Å²) in [6.07, 6.45) is 0.513. The predicted molar refractivity (Wildman–Crippen MR) is 78.2 cm³/mol. The molecule has 0 aliphatic heterocycles. The van der Waals surface area contributed by atoms with Crippen molar-refractivity contribution in [3.63, 3.8) is 0 Å². The molecule has 0 radical (unpaired) electrons. The number of rotatable bonds is 6. The first-order valence-electron chi connectivity index (χ1n) is 6.53. The Balaban J connectivity index is 2.87. The maximum Gasteiger partial charge on any atom is 0.0992 e. The third-order valence-corrected chi connectivity index (χ3v) is 3.12. The van der Waals surface area contributed by atoms with Crippen LogP contribution in [0.5, 0.6) is 0 Å². The van der Waals surface area contributed by atoms with Gasteiger partial charge in [0, 0.05) is 24.8 Å². The van der Waals surface area contributed by atoms with Crippen molar-refractivity contribution in [1.29, 1.82) is 5.26 Å². The molecule has 1 aromatic carbocycles. The summed E-state index contributed by atoms with van der Waals surface area (Å²) >= 11 is 0. The molecular formula is C15H23N3O. The average molecular weight is 261 g/mol. The molecule has 1 N–H and O–H groups in total. The Bertz CT molecular complexity index is 449. The molecule has 0 spiro atoms. The van der Waals surface area contributed by atoms with E-state index in [1.807, 2.05) is 19.2 Å². The lowest BCUT2D eigenvalue weighted by molar-refractivity contribution is 0.199. The van der Waals surface area contributed by atoms with Crippen LogP contribution in [0.4, 0.5) is 5.69 Å². The van der Waals surface area contributed by atoms with E-state index in [0.717, 1.165) is 30.8 Å². The fourth-order valence-electron chi connectivity index (χ4n) is 2.04. The smallest absolute Gasteiger partial charge is 0.0992 e. The van der Waals surface area contributed by atoms with Crippen LogP contribution in [0.25, 0.3) is 0 Å². The van der Waals surface area contributed by atoms with Crippen molar-refractivity contribution in [2.45, 2.75) is 19.4 Å². The Kier molecular flexibility index (Phi) is 5.81. The summed E-state index contributed by atoms with van der Waals surface area (Å²) in [7, 11) is 6.10. The molecule has 0 bridgehead atoms. The molecule has 0 heterocycles. The third-order valence-electron chi connectivity index (χ3n) is 3.12. The van der Waals surface area contributed by atoms with Crippen LogP contribution in [0.2, 0.25) is 0 Å². The number of aliphatic hydroxyl groups excluding tert-OH is 1. The van der Waals surface area contributed by atoms with Gasteiger partial charge in [0.2, 0.25) is 0 Å². The van der Waals surface area contributed by atoms with E-state index in [0.29, 0.717) is 5.56 Å². The van der Waals surface area contributed by atoms with Gasteiger partial charge in [-0.1, -0.05) is 6.07 Å². The molecule has 4 nitrogen and oxygen atoms in total. The van der Waals surface area contributed by atoms with Crippen molar-refractivity contribution < 1.29 is 5.11 Å². The Morgan fingerprint density at radius 1 is 1.26 bits per heavy atom. The Morgan fingerprint density at radius 3 is 2.47 bits per heavy atom. The minimum atomic E-state index is -0.529. The first-order valence-corrected chi connectivity index (χ1v) is 6.53. The molecule has 1 rings (SSSR count). The van der Waals surface area contributed by atoms with Crippen molar-refractivity contribution >= 4 is 5.69 Å². The summed E-state index contributed by atoms with van der Waals surface area (Å²) in [4.78, 5) is 4.25. The second-order valence-corrected chi connectivity index (χ2v) is 5.14. The summed E-state index contributed by atoms with van der Waals surface area (Å²) in [6, 6.07) is 7.57. The first-order chi connectivity index (χ1) is 8.95. The van der Waals surface area contributed by atoms with Gasteiger partial charge in [-0.05, 0) is 46.1 Å². The van der Waals surface area contributed by atoms with Crippen LogP contribution in [0.1, 0.15) is 30.6 Å². The molecule has 0 saturated carbocycles. The number of hydrogen-bond donors (Lipinski definition) is 1. The van der Waals surface area contributed by atoms with Crippen LogP contribution in [0.3, 0.4) is 0 Å². The van der Waals surface area contributed by atoms with Crippen LogP contribution in [0, 0.1) is 11.3 Å². The molecular weight excluding hydrogens is 238 g/mol. The van der Waals surface area contributed by atoms with Crippen LogP contribution in [-0.2, 0) is 0 Å². The molecule has 0 unspecified atom stereocenters. The molecule has 1 aromatic rings. The number of nitriles is 1. The van der Waals surface area contributed by atoms with Crippen LogP contribution >= 0.6 is 0 Å². The fraction of sp³-hybridized carbons (Fsp3) is 0.533. The summed E-state index contributed by atoms with van der Waals surface area (Å²) < 4.78 is 0. The van der Waals surface area contributed by atoms with Gasteiger partial charge in [0.15, 0.2) is 0 Å². The van der Waals surface area contributed by atoms with Gasteiger partial charge in [-0.25, -0.2) is 0 Å². The molecule has 104 valence electrons. The number of hydrogen-bond acceptors (Lipinski definition) is 4. The number of anilines is 1. The van der Waals surface area contributed by atoms with Gasteiger partial charge in [-0.2, -0.15) is 5.26 Å². The largest absolute Gasteiger partial charge is 0.389 e. The van der Waals surface area contributed by atoms with Gasteiger partial charge in [0.1, 0.15) is 0 Å². The zero-order valence-electron chi connectivity index (χ0n) is 12.2. The molecule has 0 aromatic heterocycles. The third kappa shape index (κ3) is 4.55. The maximum absolute atomic E-state index is 9.81. The Labute approximate surface area is 115 Å². The lowest BCUT2D eigenvalue weighted by atomic mass is 10.0. The van der Waals surface area contributed by atoms with E-state index in [1.165, 1.54) is 0 Å². The van der Waals surface area contributed by atoms with Crippen molar-refractivity contribution in [3.05, 3.63) is 29.3 Å². The predicted octanol–water partition coefficient (Wildman–Crippen LogP) is 2.00. The molecule has 0 fully saturated rings. The maximum atomic E-state index is 9.81. The zero-order valence-corrected chi connectivity index (χ0v) is 12.2. The van der Waals surface area contributed by atoms with Crippen molar-refractivity contribution in [2.24, 2.45) is 0 Å². The molecule has 1 atom stereocenters. The summed E-state index contributed by atoms with van der Waals surface area (Å²) in [5.74, 6) is 0. The Hall–Kier alpha value is -1.57. The van der Waals surface area contributed by atoms with Crippen LogP contribution in [-0.4, -0.2) is 44.2 Å². The highest BCUT2D eigenvalue weighted by molar-refractivity contribution is 5.58. The monoisotopic (exact) mass is 261 g/mol. The minimum Gasteiger partial charge on any atom is -0.389 e. The normalized spacial score (nSPS) is 12.3. The van der Waals surface area contributed by atoms with Gasteiger partial charge in [0.05, 0.1) is 17.7 Å². The second kappa shape index (κ2) is 7.13. The average Bonchev–Trinajstić information content (AvgIpc) is 2.37. The fourth-order valence-corrected chi connectivity index (χ4v) is 2.04. The second-order valence-electron chi connectivity index (χ2n) is 5.14. The molecule has 0 saturated heterocycles. The number of benzene rings is 1. The lowest BCUT2D eigenvalue weighted by Gasteiger charge is -2.24. The number of nitrogens with zero attached hydrogens (tertiary/aromatic N) is 3. The van der Waals surface area contributed by atoms with Gasteiger partial charge < -0.3 is 14.9 Å². The topological polar surface area (TPSA) is 50.5 Å². The zero-order chi connectivity index (χ0) is 14.4. The summed E-state index contributed by atoms with van der Waals surface area (Å²) in [5.41, 5.74) is 2.43. The summed E-state index contributed by atoms with van der Waals surface area (Å²) in [6.45, 7) is 3.66. The van der Waals surface area contributed by atoms with E-state index in [1.54, 1.807) is 13.0 Å². The lowest BCUT2D eigenvalue weighted by Crippen LogP contribution is -2.24. The van der Waals surface area contributed by atoms with E-state index in [-0.39, 0.29) is 0 Å². The van der Waals surface area contributed by atoms with Gasteiger partial charge in [-0.3, -0.25) is 0 Å². The van der Waals surface area contributed by atoms with Crippen LogP contribution < -0.4 is 4.90 Å². The Morgan fingerprint density at radius 2 is 1.95 bits per heavy atom. The molecule has 0 aliphatic carbocycles. The van der Waals surface area contributed by atoms with Crippen molar-refractivity contribution in [1.82, 2.24) is 4.90 Å².